The monoisotopic (exact) mass is 603 g/mol. The minimum Gasteiger partial charge on any atom is -0.479 e. The molecule has 5 heterocycles. The Morgan fingerprint density at radius 3 is 2.52 bits per heavy atom. The first-order valence-corrected chi connectivity index (χ1v) is 16.1. The molecule has 6 nitrogen and oxygen atoms in total. The van der Waals surface area contributed by atoms with Crippen LogP contribution >= 0.6 is 15.9 Å². The fourth-order valence-electron chi connectivity index (χ4n) is 8.02. The second-order valence-corrected chi connectivity index (χ2v) is 13.4. The van der Waals surface area contributed by atoms with E-state index in [0.717, 1.165) is 55.4 Å². The summed E-state index contributed by atoms with van der Waals surface area (Å²) in [7, 11) is 0. The number of fused-ring (bicyclic) bond motifs is 4. The molecule has 5 aliphatic heterocycles. The summed E-state index contributed by atoms with van der Waals surface area (Å²) >= 11 is 3.81. The molecular formula is C33H42BrN5O. The van der Waals surface area contributed by atoms with Crippen molar-refractivity contribution < 1.29 is 4.74 Å². The summed E-state index contributed by atoms with van der Waals surface area (Å²) in [6.07, 6.45) is 8.55. The molecule has 40 heavy (non-hydrogen) atoms. The summed E-state index contributed by atoms with van der Waals surface area (Å²) in [5, 5.41) is 6.33. The van der Waals surface area contributed by atoms with Crippen molar-refractivity contribution in [3.63, 3.8) is 0 Å². The molecule has 1 N–H and O–H groups in total. The zero-order valence-electron chi connectivity index (χ0n) is 23.8. The van der Waals surface area contributed by atoms with E-state index in [2.05, 4.69) is 85.8 Å². The van der Waals surface area contributed by atoms with Crippen molar-refractivity contribution in [3.05, 3.63) is 64.4 Å². The number of piperazine rings is 1. The van der Waals surface area contributed by atoms with Crippen molar-refractivity contribution in [1.29, 1.82) is 0 Å². The maximum Gasteiger partial charge on any atom is 0.186 e. The minimum atomic E-state index is 0.236. The fourth-order valence-corrected chi connectivity index (χ4v) is 8.61. The lowest BCUT2D eigenvalue weighted by atomic mass is 9.95. The van der Waals surface area contributed by atoms with Crippen LogP contribution in [0.25, 0.3) is 10.8 Å². The number of halogens is 1. The normalized spacial score (nSPS) is 27.9. The maximum atomic E-state index is 6.49. The first-order chi connectivity index (χ1) is 19.5. The third kappa shape index (κ3) is 4.88. The average molecular weight is 605 g/mol. The van der Waals surface area contributed by atoms with Gasteiger partial charge in [0.25, 0.3) is 0 Å². The molecule has 0 radical (unpaired) electrons. The van der Waals surface area contributed by atoms with Gasteiger partial charge in [-0.2, -0.15) is 0 Å². The summed E-state index contributed by atoms with van der Waals surface area (Å²) in [5.74, 6) is 1.90. The van der Waals surface area contributed by atoms with Gasteiger partial charge in [0.2, 0.25) is 0 Å². The van der Waals surface area contributed by atoms with Gasteiger partial charge in [0.15, 0.2) is 5.90 Å². The van der Waals surface area contributed by atoms with Gasteiger partial charge >= 0.3 is 0 Å². The summed E-state index contributed by atoms with van der Waals surface area (Å²) in [6, 6.07) is 14.1. The topological polar surface area (TPSA) is 43.3 Å². The van der Waals surface area contributed by atoms with Crippen LogP contribution in [0.1, 0.15) is 51.9 Å². The van der Waals surface area contributed by atoms with Gasteiger partial charge in [0.05, 0.1) is 5.54 Å². The lowest BCUT2D eigenvalue weighted by Gasteiger charge is -2.39. The number of anilines is 1. The molecule has 7 rings (SSSR count). The Morgan fingerprint density at radius 2 is 1.80 bits per heavy atom. The highest BCUT2D eigenvalue weighted by atomic mass is 79.9. The predicted octanol–water partition coefficient (Wildman–Crippen LogP) is 6.08. The number of aliphatic imine (C=N–C) groups is 1. The predicted molar refractivity (Wildman–Crippen MR) is 168 cm³/mol. The van der Waals surface area contributed by atoms with E-state index in [4.69, 9.17) is 9.73 Å². The van der Waals surface area contributed by atoms with E-state index in [1.807, 2.05) is 0 Å². The number of piperidine rings is 1. The molecule has 2 aromatic rings. The van der Waals surface area contributed by atoms with E-state index >= 15 is 0 Å². The highest BCUT2D eigenvalue weighted by molar-refractivity contribution is 9.10. The van der Waals surface area contributed by atoms with E-state index in [1.165, 1.54) is 79.2 Å². The van der Waals surface area contributed by atoms with Crippen LogP contribution in [0.3, 0.4) is 0 Å². The first-order valence-electron chi connectivity index (χ1n) is 15.3. The van der Waals surface area contributed by atoms with Gasteiger partial charge in [0.1, 0.15) is 12.4 Å². The molecule has 212 valence electrons. The Kier molecular flexibility index (Phi) is 7.17. The fraction of sp³-hybridized carbons (Fsp3) is 0.545. The van der Waals surface area contributed by atoms with E-state index < -0.39 is 0 Å². The molecule has 0 saturated carbocycles. The molecule has 0 aromatic heterocycles. The second kappa shape index (κ2) is 10.8. The average Bonchev–Trinajstić information content (AvgIpc) is 3.64. The molecule has 5 aliphatic rings. The van der Waals surface area contributed by atoms with Crippen LogP contribution in [-0.2, 0) is 4.74 Å². The van der Waals surface area contributed by atoms with Gasteiger partial charge in [-0.1, -0.05) is 46.8 Å². The Labute approximate surface area is 247 Å². The van der Waals surface area contributed by atoms with Crippen molar-refractivity contribution in [1.82, 2.24) is 15.1 Å². The second-order valence-electron chi connectivity index (χ2n) is 12.6. The van der Waals surface area contributed by atoms with E-state index in [9.17, 15) is 0 Å². The molecule has 0 spiro atoms. The van der Waals surface area contributed by atoms with Gasteiger partial charge in [-0.3, -0.25) is 4.90 Å². The third-order valence-electron chi connectivity index (χ3n) is 10.0. The number of rotatable bonds is 5. The Morgan fingerprint density at radius 1 is 1.07 bits per heavy atom. The number of hydrogen-bond donors (Lipinski definition) is 1. The first kappa shape index (κ1) is 26.5. The minimum absolute atomic E-state index is 0.236. The molecule has 2 bridgehead atoms. The van der Waals surface area contributed by atoms with Crippen LogP contribution in [0, 0.1) is 0 Å². The molecule has 5 fully saturated rings. The molecule has 0 amide bonds. The van der Waals surface area contributed by atoms with Crippen molar-refractivity contribution in [2.45, 2.75) is 69.5 Å². The number of likely N-dealkylation sites (tertiary alicyclic amines) is 1. The molecule has 5 saturated heterocycles. The highest BCUT2D eigenvalue weighted by Gasteiger charge is 2.45. The van der Waals surface area contributed by atoms with Crippen LogP contribution in [-0.4, -0.2) is 79.2 Å². The quantitative estimate of drug-likeness (QED) is 0.331. The summed E-state index contributed by atoms with van der Waals surface area (Å²) in [5.41, 5.74) is 3.98. The van der Waals surface area contributed by atoms with Crippen molar-refractivity contribution in [2.24, 2.45) is 4.99 Å². The zero-order valence-corrected chi connectivity index (χ0v) is 25.4. The third-order valence-corrected chi connectivity index (χ3v) is 10.7. The van der Waals surface area contributed by atoms with Crippen molar-refractivity contribution in [2.75, 3.05) is 50.8 Å². The van der Waals surface area contributed by atoms with Gasteiger partial charge in [0, 0.05) is 66.3 Å². The zero-order chi connectivity index (χ0) is 27.3. The van der Waals surface area contributed by atoms with Gasteiger partial charge in [-0.25, -0.2) is 4.99 Å². The van der Waals surface area contributed by atoms with E-state index in [1.54, 1.807) is 0 Å². The van der Waals surface area contributed by atoms with Gasteiger partial charge < -0.3 is 19.9 Å². The SMILES string of the molecule is C=C1CN(c2cccc3cccc(Br)c23)CC/C1=C(/N=C(\C)OCC12CCCN1CCC2)N1CC2CCC(C1)N2. The van der Waals surface area contributed by atoms with Crippen molar-refractivity contribution in [3.8, 4) is 0 Å². The number of nitrogens with one attached hydrogen (secondary N) is 1. The van der Waals surface area contributed by atoms with Crippen LogP contribution in [0.15, 0.2) is 69.4 Å². The summed E-state index contributed by atoms with van der Waals surface area (Å²) in [4.78, 5) is 13.0. The molecule has 2 aromatic carbocycles. The van der Waals surface area contributed by atoms with Crippen molar-refractivity contribution >= 4 is 38.3 Å². The smallest absolute Gasteiger partial charge is 0.186 e. The molecular weight excluding hydrogens is 562 g/mol. The van der Waals surface area contributed by atoms with Gasteiger partial charge in [-0.15, -0.1) is 0 Å². The molecule has 2 atom stereocenters. The lowest BCUT2D eigenvalue weighted by Crippen LogP contribution is -2.51. The van der Waals surface area contributed by atoms with E-state index in [-0.39, 0.29) is 5.54 Å². The summed E-state index contributed by atoms with van der Waals surface area (Å²) in [6.45, 7) is 13.7. The van der Waals surface area contributed by atoms with Crippen LogP contribution < -0.4 is 10.2 Å². The van der Waals surface area contributed by atoms with Crippen LogP contribution in [0.5, 0.6) is 0 Å². The number of benzene rings is 2. The Bertz CT molecular complexity index is 1340. The Hall–Kier alpha value is -2.35. The van der Waals surface area contributed by atoms with E-state index in [0.29, 0.717) is 12.1 Å². The molecule has 7 heteroatoms. The highest BCUT2D eigenvalue weighted by Crippen LogP contribution is 2.40. The number of hydrogen-bond acceptors (Lipinski definition) is 6. The number of ether oxygens (including phenoxy) is 1. The van der Waals surface area contributed by atoms with Crippen LogP contribution in [0.4, 0.5) is 5.69 Å². The molecule has 0 aliphatic carbocycles. The lowest BCUT2D eigenvalue weighted by molar-refractivity contribution is 0.106. The largest absolute Gasteiger partial charge is 0.479 e. The number of nitrogens with zero attached hydrogens (tertiary/aromatic N) is 4. The van der Waals surface area contributed by atoms with Crippen LogP contribution in [0.2, 0.25) is 0 Å². The Balaban J connectivity index is 1.16. The summed E-state index contributed by atoms with van der Waals surface area (Å²) < 4.78 is 7.63. The molecule has 2 unspecified atom stereocenters. The van der Waals surface area contributed by atoms with Gasteiger partial charge in [-0.05, 0) is 81.1 Å². The standard InChI is InChI=1S/C33H42BrN5O/c1-23-19-37(30-10-4-8-25-7-3-9-29(34)31(25)30)18-13-28(23)32(38-20-26-11-12-27(21-38)36-26)35-24(2)40-22-33-14-5-16-39(33)17-6-15-33/h3-4,7-10,26-27,36H,1,5-6,11-22H2,2H3/b32-28+,35-24+. The maximum absolute atomic E-state index is 6.49.